The fraction of sp³-hybridized carbons (Fsp3) is 0.209. The molecule has 7 rings (SSSR count). The molecule has 0 radical (unpaired) electrons. The standard InChI is InChI=1S/C43H41N3O14S3/c1-22-17-34-29(19-37(22)62(53,54)55)39(28-12-8-9-13-36(28)61(50,51)52)30-20-38(63(56,57)58)32(21-35(30)60-34)45-40-23(2)16-24(3)41(25(40)4)46-43(49)44-26-14-15-33(31(18-26)42(47)48)59-27-10-6-5-7-11-27/h8-9,12-21,27,45H,1,5-7,10-11H2,2-4H3,(H,47,48)(H2,44,46,49)(H,50,51,52)(H,53,54,55)(H,56,57,58). The number of rotatable bonds is 11. The summed E-state index contributed by atoms with van der Waals surface area (Å²) >= 11 is 0. The first-order valence-corrected chi connectivity index (χ1v) is 23.6. The Kier molecular flexibility index (Phi) is 11.9. The van der Waals surface area contributed by atoms with E-state index in [0.29, 0.717) is 22.4 Å². The summed E-state index contributed by atoms with van der Waals surface area (Å²) in [6.45, 7) is 8.75. The number of aryl methyl sites for hydroxylation is 2. The molecule has 17 nitrogen and oxygen atoms in total. The van der Waals surface area contributed by atoms with Crippen LogP contribution in [0.3, 0.4) is 0 Å². The van der Waals surface area contributed by atoms with Gasteiger partial charge in [-0.3, -0.25) is 13.7 Å². The van der Waals surface area contributed by atoms with Crippen molar-refractivity contribution in [3.63, 3.8) is 0 Å². The summed E-state index contributed by atoms with van der Waals surface area (Å²) < 4.78 is 119. The number of fused-ring (bicyclic) bond motifs is 2. The molecule has 0 spiro atoms. The number of aromatic carboxylic acids is 1. The molecule has 1 fully saturated rings. The minimum Gasteiger partial charge on any atom is -0.490 e. The van der Waals surface area contributed by atoms with E-state index in [0.717, 1.165) is 50.3 Å². The summed E-state index contributed by atoms with van der Waals surface area (Å²) in [6, 6.07) is 14.7. The molecule has 20 heteroatoms. The number of ether oxygens (including phenoxy) is 2. The SMILES string of the molecule is C=c1cc2c(cc1S(=O)(=O)O)=C(c1ccccc1S(=O)(=O)O)c1cc(S(=O)(=O)O)c(Nc3c(C)cc(C)c(NC(=O)Nc4ccc(OC5CCCCC5)c(C(=O)O)c4)c3C)cc1O2. The third-order valence-electron chi connectivity index (χ3n) is 10.8. The van der Waals surface area contributed by atoms with Crippen LogP contribution in [0.1, 0.15) is 70.3 Å². The molecule has 1 aliphatic carbocycles. The summed E-state index contributed by atoms with van der Waals surface area (Å²) in [6.07, 6.45) is 4.59. The average molecular weight is 920 g/mol. The molecule has 63 heavy (non-hydrogen) atoms. The van der Waals surface area contributed by atoms with Gasteiger partial charge in [0, 0.05) is 39.4 Å². The van der Waals surface area contributed by atoms with Gasteiger partial charge in [0.2, 0.25) is 0 Å². The molecule has 1 saturated carbocycles. The zero-order valence-corrected chi connectivity index (χ0v) is 36.3. The lowest BCUT2D eigenvalue weighted by molar-refractivity contribution is 0.0686. The average Bonchev–Trinajstić information content (AvgIpc) is 3.19. The third kappa shape index (κ3) is 9.26. The second kappa shape index (κ2) is 16.8. The molecular weight excluding hydrogens is 879 g/mol. The first kappa shape index (κ1) is 44.8. The second-order valence-corrected chi connectivity index (χ2v) is 19.4. The fourth-order valence-corrected chi connectivity index (χ4v) is 9.96. The number of carbonyl (C=O) groups excluding carboxylic acids is 1. The first-order valence-electron chi connectivity index (χ1n) is 19.3. The fourth-order valence-electron chi connectivity index (χ4n) is 7.95. The summed E-state index contributed by atoms with van der Waals surface area (Å²) in [4.78, 5) is 23.6. The van der Waals surface area contributed by atoms with Crippen LogP contribution in [0.25, 0.3) is 12.2 Å². The predicted molar refractivity (Wildman–Crippen MR) is 233 cm³/mol. The Morgan fingerprint density at radius 3 is 2.02 bits per heavy atom. The van der Waals surface area contributed by atoms with Crippen molar-refractivity contribution in [1.29, 1.82) is 0 Å². The van der Waals surface area contributed by atoms with Crippen LogP contribution >= 0.6 is 0 Å². The van der Waals surface area contributed by atoms with Gasteiger partial charge in [0.1, 0.15) is 37.5 Å². The Labute approximate surface area is 362 Å². The van der Waals surface area contributed by atoms with Gasteiger partial charge in [-0.1, -0.05) is 37.3 Å². The molecule has 0 aromatic heterocycles. The Bertz CT molecular complexity index is 3220. The van der Waals surface area contributed by atoms with Gasteiger partial charge < -0.3 is 30.5 Å². The Morgan fingerprint density at radius 2 is 1.37 bits per heavy atom. The number of urea groups is 1. The predicted octanol–water partition coefficient (Wildman–Crippen LogP) is 6.91. The highest BCUT2D eigenvalue weighted by Crippen LogP contribution is 2.44. The molecule has 0 unspecified atom stereocenters. The van der Waals surface area contributed by atoms with Crippen LogP contribution in [0, 0.1) is 20.8 Å². The van der Waals surface area contributed by atoms with E-state index in [1.54, 1.807) is 26.8 Å². The molecule has 2 aliphatic rings. The molecule has 0 bridgehead atoms. The molecule has 5 aromatic carbocycles. The van der Waals surface area contributed by atoms with Crippen LogP contribution in [-0.2, 0) is 30.4 Å². The summed E-state index contributed by atoms with van der Waals surface area (Å²) in [5.41, 5.74) is 1.43. The lowest BCUT2D eigenvalue weighted by Gasteiger charge is -2.25. The first-order chi connectivity index (χ1) is 29.5. The van der Waals surface area contributed by atoms with Gasteiger partial charge in [-0.05, 0) is 111 Å². The highest BCUT2D eigenvalue weighted by atomic mass is 32.2. The number of carboxylic acids is 1. The summed E-state index contributed by atoms with van der Waals surface area (Å²) in [7, 11) is -15.0. The van der Waals surface area contributed by atoms with E-state index in [1.807, 2.05) is 0 Å². The van der Waals surface area contributed by atoms with E-state index in [2.05, 4.69) is 22.5 Å². The van der Waals surface area contributed by atoms with E-state index >= 15 is 0 Å². The number of nitrogens with one attached hydrogen (secondary N) is 3. The van der Waals surface area contributed by atoms with Crippen LogP contribution in [0.4, 0.5) is 27.5 Å². The maximum absolute atomic E-state index is 13.4. The molecule has 7 N–H and O–H groups in total. The summed E-state index contributed by atoms with van der Waals surface area (Å²) in [5, 5.41) is 18.0. The van der Waals surface area contributed by atoms with Crippen molar-refractivity contribution in [1.82, 2.24) is 0 Å². The highest BCUT2D eigenvalue weighted by Gasteiger charge is 2.31. The van der Waals surface area contributed by atoms with Gasteiger partial charge in [-0.15, -0.1) is 0 Å². The van der Waals surface area contributed by atoms with Crippen molar-refractivity contribution >= 4 is 77.3 Å². The highest BCUT2D eigenvalue weighted by molar-refractivity contribution is 7.86. The second-order valence-electron chi connectivity index (χ2n) is 15.2. The van der Waals surface area contributed by atoms with Crippen LogP contribution in [0.5, 0.6) is 17.2 Å². The van der Waals surface area contributed by atoms with Crippen LogP contribution < -0.4 is 35.9 Å². The molecule has 0 atom stereocenters. The number of benzene rings is 5. The molecule has 2 amide bonds. The van der Waals surface area contributed by atoms with E-state index in [4.69, 9.17) is 9.47 Å². The van der Waals surface area contributed by atoms with Gasteiger partial charge in [0.05, 0.1) is 17.5 Å². The van der Waals surface area contributed by atoms with Crippen molar-refractivity contribution in [2.24, 2.45) is 0 Å². The maximum Gasteiger partial charge on any atom is 0.339 e. The van der Waals surface area contributed by atoms with E-state index in [-0.39, 0.29) is 73.1 Å². The van der Waals surface area contributed by atoms with Gasteiger partial charge in [0.15, 0.2) is 0 Å². The third-order valence-corrected chi connectivity index (χ3v) is 13.5. The number of carbonyl (C=O) groups is 2. The molecule has 1 aliphatic heterocycles. The van der Waals surface area contributed by atoms with E-state index in [9.17, 15) is 53.6 Å². The van der Waals surface area contributed by atoms with Crippen molar-refractivity contribution < 1.29 is 63.1 Å². The summed E-state index contributed by atoms with van der Waals surface area (Å²) in [5.74, 6) is -1.25. The van der Waals surface area contributed by atoms with Gasteiger partial charge in [0.25, 0.3) is 30.4 Å². The lowest BCUT2D eigenvalue weighted by atomic mass is 9.92. The van der Waals surface area contributed by atoms with Crippen LogP contribution in [0.15, 0.2) is 87.5 Å². The molecule has 5 aromatic rings. The number of hydrogen-bond donors (Lipinski definition) is 7. The van der Waals surface area contributed by atoms with E-state index in [1.165, 1.54) is 48.5 Å². The number of anilines is 4. The molecule has 1 heterocycles. The van der Waals surface area contributed by atoms with E-state index < -0.39 is 57.0 Å². The number of hydrogen-bond acceptors (Lipinski definition) is 11. The Balaban J connectivity index is 1.29. The maximum atomic E-state index is 13.4. The largest absolute Gasteiger partial charge is 0.490 e. The smallest absolute Gasteiger partial charge is 0.339 e. The van der Waals surface area contributed by atoms with Gasteiger partial charge in [-0.2, -0.15) is 25.3 Å². The van der Waals surface area contributed by atoms with Crippen molar-refractivity contribution in [2.45, 2.75) is 73.7 Å². The topological polar surface area (TPSA) is 272 Å². The van der Waals surface area contributed by atoms with Gasteiger partial charge >= 0.3 is 12.0 Å². The Morgan fingerprint density at radius 1 is 0.714 bits per heavy atom. The normalized spacial score (nSPS) is 14.2. The van der Waals surface area contributed by atoms with Crippen molar-refractivity contribution in [2.75, 3.05) is 16.0 Å². The van der Waals surface area contributed by atoms with Crippen LogP contribution in [-0.4, -0.2) is 62.1 Å². The van der Waals surface area contributed by atoms with Crippen molar-refractivity contribution in [3.05, 3.63) is 117 Å². The van der Waals surface area contributed by atoms with Crippen molar-refractivity contribution in [3.8, 4) is 17.2 Å². The molecule has 0 saturated heterocycles. The monoisotopic (exact) mass is 919 g/mol. The zero-order valence-electron chi connectivity index (χ0n) is 33.8. The quantitative estimate of drug-likeness (QED) is 0.0651. The molecule has 330 valence electrons. The van der Waals surface area contributed by atoms with Gasteiger partial charge in [-0.25, -0.2) is 9.59 Å². The van der Waals surface area contributed by atoms with Crippen LogP contribution in [0.2, 0.25) is 0 Å². The minimum atomic E-state index is -5.14. The number of amides is 2. The Hall–Kier alpha value is -6.29. The number of carboxylic acid groups (broad SMARTS) is 1. The molecular formula is C43H41N3O14S3. The minimum absolute atomic E-state index is 0.0901. The zero-order chi connectivity index (χ0) is 45.8. The lowest BCUT2D eigenvalue weighted by Crippen LogP contribution is -2.25.